The molecule has 1 fully saturated rings. The number of hydrogen-bond acceptors (Lipinski definition) is 2. The van der Waals surface area contributed by atoms with Crippen molar-refractivity contribution in [3.8, 4) is 6.07 Å². The predicted octanol–water partition coefficient (Wildman–Crippen LogP) is 3.27. The molecule has 0 aromatic heterocycles. The number of rotatable bonds is 3. The van der Waals surface area contributed by atoms with Gasteiger partial charge in [0.25, 0.3) is 0 Å². The third kappa shape index (κ3) is 3.96. The Bertz CT molecular complexity index is 525. The topological polar surface area (TPSA) is 52.9 Å². The Kier molecular flexibility index (Phi) is 4.95. The Balaban J connectivity index is 1.89. The van der Waals surface area contributed by atoms with E-state index in [4.69, 9.17) is 5.26 Å². The number of nitrogens with zero attached hydrogens (tertiary/aromatic N) is 1. The molecular formula is C17H20N2O. The first-order valence-corrected chi connectivity index (χ1v) is 7.18. The zero-order chi connectivity index (χ0) is 14.4. The number of amides is 1. The average Bonchev–Trinajstić information content (AvgIpc) is 2.48. The van der Waals surface area contributed by atoms with Crippen molar-refractivity contribution >= 4 is 12.0 Å². The number of nitrogens with one attached hydrogen (secondary N) is 1. The van der Waals surface area contributed by atoms with Crippen molar-refractivity contribution in [2.45, 2.75) is 38.6 Å². The highest BCUT2D eigenvalue weighted by molar-refractivity contribution is 5.91. The molecule has 2 rings (SSSR count). The Morgan fingerprint density at radius 2 is 2.00 bits per heavy atom. The summed E-state index contributed by atoms with van der Waals surface area (Å²) >= 11 is 0. The molecule has 1 aromatic carbocycles. The maximum absolute atomic E-state index is 11.9. The number of benzene rings is 1. The number of carbonyl (C=O) groups is 1. The van der Waals surface area contributed by atoms with E-state index in [1.165, 1.54) is 19.3 Å². The third-order valence-corrected chi connectivity index (χ3v) is 3.91. The Morgan fingerprint density at radius 1 is 1.30 bits per heavy atom. The summed E-state index contributed by atoms with van der Waals surface area (Å²) in [4.78, 5) is 11.9. The summed E-state index contributed by atoms with van der Waals surface area (Å²) in [5, 5.41) is 11.8. The summed E-state index contributed by atoms with van der Waals surface area (Å²) < 4.78 is 0. The molecule has 1 aliphatic rings. The summed E-state index contributed by atoms with van der Waals surface area (Å²) in [5.74, 6) is 0.532. The molecule has 0 saturated heterocycles. The second-order valence-corrected chi connectivity index (χ2v) is 5.44. The van der Waals surface area contributed by atoms with Crippen molar-refractivity contribution in [3.05, 3.63) is 41.5 Å². The van der Waals surface area contributed by atoms with E-state index in [1.54, 1.807) is 24.3 Å². The van der Waals surface area contributed by atoms with E-state index >= 15 is 0 Å². The van der Waals surface area contributed by atoms with E-state index in [1.807, 2.05) is 12.1 Å². The molecule has 3 nitrogen and oxygen atoms in total. The second kappa shape index (κ2) is 6.91. The molecule has 3 heteroatoms. The highest BCUT2D eigenvalue weighted by atomic mass is 16.1. The first-order valence-electron chi connectivity index (χ1n) is 7.18. The minimum atomic E-state index is -0.0342. The Morgan fingerprint density at radius 3 is 2.65 bits per heavy atom. The van der Waals surface area contributed by atoms with Crippen LogP contribution in [0.5, 0.6) is 0 Å². The zero-order valence-corrected chi connectivity index (χ0v) is 11.8. The SMILES string of the molecule is CC1CCCCC1NC(=O)/C=C/c1ccc(C#N)cc1. The van der Waals surface area contributed by atoms with Gasteiger partial charge in [-0.15, -0.1) is 0 Å². The van der Waals surface area contributed by atoms with E-state index in [-0.39, 0.29) is 5.91 Å². The predicted molar refractivity (Wildman–Crippen MR) is 79.8 cm³/mol. The molecule has 1 amide bonds. The molecule has 1 N–H and O–H groups in total. The summed E-state index contributed by atoms with van der Waals surface area (Å²) in [6, 6.07) is 9.56. The van der Waals surface area contributed by atoms with Gasteiger partial charge in [0.1, 0.15) is 0 Å². The molecule has 0 spiro atoms. The lowest BCUT2D eigenvalue weighted by molar-refractivity contribution is -0.117. The fourth-order valence-electron chi connectivity index (χ4n) is 2.60. The molecule has 0 heterocycles. The van der Waals surface area contributed by atoms with E-state index in [2.05, 4.69) is 18.3 Å². The molecule has 20 heavy (non-hydrogen) atoms. The van der Waals surface area contributed by atoms with Crippen molar-refractivity contribution in [1.29, 1.82) is 5.26 Å². The van der Waals surface area contributed by atoms with Gasteiger partial charge in [0.05, 0.1) is 11.6 Å². The minimum absolute atomic E-state index is 0.0342. The minimum Gasteiger partial charge on any atom is -0.350 e. The van der Waals surface area contributed by atoms with Crippen molar-refractivity contribution in [2.24, 2.45) is 5.92 Å². The van der Waals surface area contributed by atoms with Gasteiger partial charge in [0.2, 0.25) is 5.91 Å². The quantitative estimate of drug-likeness (QED) is 0.855. The van der Waals surface area contributed by atoms with E-state index in [0.717, 1.165) is 12.0 Å². The first-order chi connectivity index (χ1) is 9.69. The molecule has 1 aromatic rings. The monoisotopic (exact) mass is 268 g/mol. The van der Waals surface area contributed by atoms with E-state index in [0.29, 0.717) is 17.5 Å². The third-order valence-electron chi connectivity index (χ3n) is 3.91. The lowest BCUT2D eigenvalue weighted by atomic mass is 9.86. The first kappa shape index (κ1) is 14.3. The molecule has 2 unspecified atom stereocenters. The number of nitriles is 1. The van der Waals surface area contributed by atoms with E-state index in [9.17, 15) is 4.79 Å². The summed E-state index contributed by atoms with van der Waals surface area (Å²) in [6.45, 7) is 2.20. The Hall–Kier alpha value is -2.08. The Labute approximate surface area is 120 Å². The van der Waals surface area contributed by atoms with Crippen LogP contribution in [0.15, 0.2) is 30.3 Å². The summed E-state index contributed by atoms with van der Waals surface area (Å²) in [5.41, 5.74) is 1.55. The molecule has 2 atom stereocenters. The molecule has 1 aliphatic carbocycles. The largest absolute Gasteiger partial charge is 0.350 e. The molecular weight excluding hydrogens is 248 g/mol. The lowest BCUT2D eigenvalue weighted by Gasteiger charge is -2.29. The molecule has 0 aliphatic heterocycles. The van der Waals surface area contributed by atoms with Crippen LogP contribution in [0.3, 0.4) is 0 Å². The molecule has 0 radical (unpaired) electrons. The highest BCUT2D eigenvalue weighted by Crippen LogP contribution is 2.23. The fourth-order valence-corrected chi connectivity index (χ4v) is 2.60. The van der Waals surface area contributed by atoms with E-state index < -0.39 is 0 Å². The number of carbonyl (C=O) groups excluding carboxylic acids is 1. The van der Waals surface area contributed by atoms with Crippen LogP contribution in [0.1, 0.15) is 43.7 Å². The van der Waals surface area contributed by atoms with Gasteiger partial charge < -0.3 is 5.32 Å². The van der Waals surface area contributed by atoms with Crippen molar-refractivity contribution in [3.63, 3.8) is 0 Å². The second-order valence-electron chi connectivity index (χ2n) is 5.44. The van der Waals surface area contributed by atoms with Gasteiger partial charge in [-0.05, 0) is 42.5 Å². The van der Waals surface area contributed by atoms with Gasteiger partial charge in [-0.3, -0.25) is 4.79 Å². The number of hydrogen-bond donors (Lipinski definition) is 1. The van der Waals surface area contributed by atoms with Crippen LogP contribution in [0.25, 0.3) is 6.08 Å². The van der Waals surface area contributed by atoms with Crippen LogP contribution in [0, 0.1) is 17.2 Å². The van der Waals surface area contributed by atoms with Crippen molar-refractivity contribution in [2.75, 3.05) is 0 Å². The van der Waals surface area contributed by atoms with Gasteiger partial charge in [0, 0.05) is 12.1 Å². The summed E-state index contributed by atoms with van der Waals surface area (Å²) in [7, 11) is 0. The normalized spacial score (nSPS) is 22.4. The van der Waals surface area contributed by atoms with Gasteiger partial charge in [-0.25, -0.2) is 0 Å². The van der Waals surface area contributed by atoms with Gasteiger partial charge in [-0.1, -0.05) is 31.9 Å². The van der Waals surface area contributed by atoms with Crippen LogP contribution < -0.4 is 5.32 Å². The lowest BCUT2D eigenvalue weighted by Crippen LogP contribution is -2.40. The summed E-state index contributed by atoms with van der Waals surface area (Å²) in [6.07, 6.45) is 8.11. The highest BCUT2D eigenvalue weighted by Gasteiger charge is 2.21. The van der Waals surface area contributed by atoms with Crippen LogP contribution in [0.4, 0.5) is 0 Å². The maximum atomic E-state index is 11.9. The van der Waals surface area contributed by atoms with Gasteiger partial charge >= 0.3 is 0 Å². The van der Waals surface area contributed by atoms with Crippen molar-refractivity contribution < 1.29 is 4.79 Å². The zero-order valence-electron chi connectivity index (χ0n) is 11.8. The fraction of sp³-hybridized carbons (Fsp3) is 0.412. The smallest absolute Gasteiger partial charge is 0.244 e. The van der Waals surface area contributed by atoms with Crippen molar-refractivity contribution in [1.82, 2.24) is 5.32 Å². The van der Waals surface area contributed by atoms with Crippen LogP contribution in [-0.2, 0) is 4.79 Å². The average molecular weight is 268 g/mol. The van der Waals surface area contributed by atoms with Crippen LogP contribution in [0.2, 0.25) is 0 Å². The van der Waals surface area contributed by atoms with Crippen LogP contribution in [-0.4, -0.2) is 11.9 Å². The van der Waals surface area contributed by atoms with Crippen LogP contribution >= 0.6 is 0 Å². The van der Waals surface area contributed by atoms with Gasteiger partial charge in [-0.2, -0.15) is 5.26 Å². The maximum Gasteiger partial charge on any atom is 0.244 e. The van der Waals surface area contributed by atoms with Gasteiger partial charge in [0.15, 0.2) is 0 Å². The standard InChI is InChI=1S/C17H20N2O/c1-13-4-2-3-5-16(13)19-17(20)11-10-14-6-8-15(12-18)9-7-14/h6-11,13,16H,2-5H2,1H3,(H,19,20)/b11-10+. The molecule has 104 valence electrons. The molecule has 0 bridgehead atoms. The molecule has 1 saturated carbocycles.